The quantitative estimate of drug-likeness (QED) is 0.641. The molecule has 3 aromatic rings. The van der Waals surface area contributed by atoms with Crippen LogP contribution in [0.15, 0.2) is 53.7 Å². The molecule has 0 fully saturated rings. The predicted octanol–water partition coefficient (Wildman–Crippen LogP) is 3.78. The lowest BCUT2D eigenvalue weighted by Gasteiger charge is -2.13. The summed E-state index contributed by atoms with van der Waals surface area (Å²) in [6.07, 6.45) is 0. The summed E-state index contributed by atoms with van der Waals surface area (Å²) >= 11 is 1.25. The van der Waals surface area contributed by atoms with Gasteiger partial charge < -0.3 is 5.32 Å². The lowest BCUT2D eigenvalue weighted by atomic mass is 10.0. The molecule has 8 heteroatoms. The molecule has 1 atom stereocenters. The average molecular weight is 392 g/mol. The minimum Gasteiger partial charge on any atom is -0.324 e. The Morgan fingerprint density at radius 3 is 2.54 bits per heavy atom. The maximum Gasteiger partial charge on any atom is 0.237 e. The Morgan fingerprint density at radius 2 is 1.86 bits per heavy atom. The molecule has 0 spiro atoms. The summed E-state index contributed by atoms with van der Waals surface area (Å²) in [5, 5.41) is 23.9. The lowest BCUT2D eigenvalue weighted by molar-refractivity contribution is -0.115. The van der Waals surface area contributed by atoms with Gasteiger partial charge in [0.05, 0.1) is 22.2 Å². The number of anilines is 1. The molecule has 1 heterocycles. The van der Waals surface area contributed by atoms with E-state index in [0.29, 0.717) is 22.3 Å². The van der Waals surface area contributed by atoms with Gasteiger partial charge in [-0.15, -0.1) is 5.10 Å². The zero-order valence-corrected chi connectivity index (χ0v) is 16.6. The van der Waals surface area contributed by atoms with E-state index in [1.165, 1.54) is 17.3 Å². The number of carbonyl (C=O) groups is 1. The monoisotopic (exact) mass is 392 g/mol. The van der Waals surface area contributed by atoms with Crippen molar-refractivity contribution in [3.05, 3.63) is 59.7 Å². The van der Waals surface area contributed by atoms with Crippen LogP contribution in [0.3, 0.4) is 0 Å². The molecule has 0 aliphatic heterocycles. The SMILES string of the molecule is CC(Sc1nnnn1-c1ccc(C(C)C)cc1)C(=O)Nc1ccccc1C#N. The van der Waals surface area contributed by atoms with E-state index >= 15 is 0 Å². The number of amides is 1. The van der Waals surface area contributed by atoms with Crippen LogP contribution >= 0.6 is 11.8 Å². The van der Waals surface area contributed by atoms with Gasteiger partial charge in [0.15, 0.2) is 0 Å². The number of carbonyl (C=O) groups excluding carboxylic acids is 1. The van der Waals surface area contributed by atoms with E-state index < -0.39 is 5.25 Å². The van der Waals surface area contributed by atoms with Gasteiger partial charge in [0.25, 0.3) is 0 Å². The van der Waals surface area contributed by atoms with Gasteiger partial charge in [0, 0.05) is 0 Å². The van der Waals surface area contributed by atoms with Gasteiger partial charge in [0.2, 0.25) is 11.1 Å². The van der Waals surface area contributed by atoms with Crippen molar-refractivity contribution in [1.29, 1.82) is 5.26 Å². The topological polar surface area (TPSA) is 96.5 Å². The van der Waals surface area contributed by atoms with Crippen LogP contribution in [-0.2, 0) is 4.79 Å². The Hall–Kier alpha value is -3.18. The molecule has 1 unspecified atom stereocenters. The number of tetrazole rings is 1. The van der Waals surface area contributed by atoms with Crippen LogP contribution in [0.1, 0.15) is 37.8 Å². The highest BCUT2D eigenvalue weighted by Crippen LogP contribution is 2.25. The molecular formula is C20H20N6OS. The van der Waals surface area contributed by atoms with E-state index in [4.69, 9.17) is 5.26 Å². The number of nitriles is 1. The number of thioether (sulfide) groups is 1. The molecule has 1 amide bonds. The molecule has 0 aliphatic carbocycles. The largest absolute Gasteiger partial charge is 0.324 e. The van der Waals surface area contributed by atoms with E-state index in [0.717, 1.165) is 5.69 Å². The Balaban J connectivity index is 1.73. The summed E-state index contributed by atoms with van der Waals surface area (Å²) in [6.45, 7) is 6.05. The van der Waals surface area contributed by atoms with E-state index in [-0.39, 0.29) is 5.91 Å². The molecule has 2 aromatic carbocycles. The van der Waals surface area contributed by atoms with Crippen molar-refractivity contribution in [1.82, 2.24) is 20.2 Å². The fourth-order valence-electron chi connectivity index (χ4n) is 2.55. The second-order valence-corrected chi connectivity index (χ2v) is 7.83. The zero-order chi connectivity index (χ0) is 20.1. The molecule has 28 heavy (non-hydrogen) atoms. The summed E-state index contributed by atoms with van der Waals surface area (Å²) in [6, 6.07) is 17.0. The third-order valence-electron chi connectivity index (χ3n) is 4.20. The van der Waals surface area contributed by atoms with Crippen LogP contribution in [0.4, 0.5) is 5.69 Å². The molecular weight excluding hydrogens is 372 g/mol. The second kappa shape index (κ2) is 8.67. The lowest BCUT2D eigenvalue weighted by Crippen LogP contribution is -2.23. The smallest absolute Gasteiger partial charge is 0.237 e. The van der Waals surface area contributed by atoms with Crippen LogP contribution in [0, 0.1) is 11.3 Å². The Morgan fingerprint density at radius 1 is 1.14 bits per heavy atom. The summed E-state index contributed by atoms with van der Waals surface area (Å²) in [7, 11) is 0. The molecule has 3 rings (SSSR count). The highest BCUT2D eigenvalue weighted by molar-refractivity contribution is 8.00. The van der Waals surface area contributed by atoms with Crippen molar-refractivity contribution in [2.45, 2.75) is 37.1 Å². The van der Waals surface area contributed by atoms with Gasteiger partial charge in [-0.25, -0.2) is 0 Å². The molecule has 0 saturated carbocycles. The molecule has 0 radical (unpaired) electrons. The standard InChI is InChI=1S/C20H20N6OS/c1-13(2)15-8-10-17(11-9-15)26-20(23-24-25-26)28-14(3)19(27)22-18-7-5-4-6-16(18)12-21/h4-11,13-14H,1-3H3,(H,22,27). The van der Waals surface area contributed by atoms with Crippen LogP contribution in [-0.4, -0.2) is 31.4 Å². The first kappa shape index (κ1) is 19.6. The number of nitrogens with zero attached hydrogens (tertiary/aromatic N) is 5. The maximum atomic E-state index is 12.6. The minimum absolute atomic E-state index is 0.225. The number of nitrogens with one attached hydrogen (secondary N) is 1. The number of hydrogen-bond acceptors (Lipinski definition) is 6. The van der Waals surface area contributed by atoms with Gasteiger partial charge in [-0.2, -0.15) is 9.94 Å². The first-order valence-corrected chi connectivity index (χ1v) is 9.73. The van der Waals surface area contributed by atoms with Crippen molar-refractivity contribution in [2.75, 3.05) is 5.32 Å². The minimum atomic E-state index is -0.452. The molecule has 7 nitrogen and oxygen atoms in total. The number of hydrogen-bond donors (Lipinski definition) is 1. The maximum absolute atomic E-state index is 12.6. The first-order valence-electron chi connectivity index (χ1n) is 8.85. The Labute approximate surface area is 167 Å². The van der Waals surface area contributed by atoms with Crippen LogP contribution in [0.25, 0.3) is 5.69 Å². The predicted molar refractivity (Wildman–Crippen MR) is 108 cm³/mol. The highest BCUT2D eigenvalue weighted by atomic mass is 32.2. The molecule has 0 aliphatic rings. The van der Waals surface area contributed by atoms with Crippen molar-refractivity contribution >= 4 is 23.4 Å². The fourth-order valence-corrected chi connectivity index (χ4v) is 3.36. The van der Waals surface area contributed by atoms with E-state index in [1.807, 2.05) is 24.3 Å². The van der Waals surface area contributed by atoms with Crippen molar-refractivity contribution < 1.29 is 4.79 Å². The highest BCUT2D eigenvalue weighted by Gasteiger charge is 2.20. The number of benzene rings is 2. The van der Waals surface area contributed by atoms with E-state index in [9.17, 15) is 4.79 Å². The molecule has 0 bridgehead atoms. The average Bonchev–Trinajstić information content (AvgIpc) is 3.16. The molecule has 1 N–H and O–H groups in total. The third kappa shape index (κ3) is 4.38. The fraction of sp³-hybridized carbons (Fsp3) is 0.250. The molecule has 0 saturated heterocycles. The second-order valence-electron chi connectivity index (χ2n) is 6.53. The normalized spacial score (nSPS) is 11.8. The van der Waals surface area contributed by atoms with E-state index in [2.05, 4.69) is 40.8 Å². The summed E-state index contributed by atoms with van der Waals surface area (Å²) in [5.41, 5.74) is 2.98. The van der Waals surface area contributed by atoms with Crippen LogP contribution < -0.4 is 5.32 Å². The van der Waals surface area contributed by atoms with Crippen LogP contribution in [0.5, 0.6) is 0 Å². The van der Waals surface area contributed by atoms with Gasteiger partial charge in [0.1, 0.15) is 6.07 Å². The molecule has 1 aromatic heterocycles. The first-order chi connectivity index (χ1) is 13.5. The number of para-hydroxylation sites is 1. The third-order valence-corrected chi connectivity index (χ3v) is 5.24. The zero-order valence-electron chi connectivity index (χ0n) is 15.8. The van der Waals surface area contributed by atoms with Gasteiger partial charge in [-0.3, -0.25) is 4.79 Å². The van der Waals surface area contributed by atoms with E-state index in [1.54, 1.807) is 35.9 Å². The Kier molecular flexibility index (Phi) is 6.06. The van der Waals surface area contributed by atoms with Crippen LogP contribution in [0.2, 0.25) is 0 Å². The Bertz CT molecular complexity index is 1010. The number of aromatic nitrogens is 4. The van der Waals surface area contributed by atoms with Crippen molar-refractivity contribution in [2.24, 2.45) is 0 Å². The summed E-state index contributed by atoms with van der Waals surface area (Å²) in [4.78, 5) is 12.6. The number of rotatable bonds is 6. The van der Waals surface area contributed by atoms with Gasteiger partial charge in [-0.05, 0) is 53.1 Å². The van der Waals surface area contributed by atoms with Crippen molar-refractivity contribution in [3.8, 4) is 11.8 Å². The van der Waals surface area contributed by atoms with Gasteiger partial charge in [-0.1, -0.05) is 49.9 Å². The van der Waals surface area contributed by atoms with Crippen molar-refractivity contribution in [3.63, 3.8) is 0 Å². The van der Waals surface area contributed by atoms with Gasteiger partial charge >= 0.3 is 0 Å². The molecule has 142 valence electrons. The summed E-state index contributed by atoms with van der Waals surface area (Å²) < 4.78 is 1.61. The summed E-state index contributed by atoms with van der Waals surface area (Å²) in [5.74, 6) is 0.217.